The Morgan fingerprint density at radius 1 is 1.21 bits per heavy atom. The molecule has 1 amide bonds. The Balaban J connectivity index is 1.56. The second-order valence-corrected chi connectivity index (χ2v) is 6.09. The first kappa shape index (κ1) is 19.1. The maximum Gasteiger partial charge on any atom is 0.269 e. The van der Waals surface area contributed by atoms with Gasteiger partial charge in [0.2, 0.25) is 0 Å². The molecule has 3 rings (SSSR count). The van der Waals surface area contributed by atoms with E-state index in [9.17, 15) is 14.9 Å². The van der Waals surface area contributed by atoms with E-state index in [0.717, 1.165) is 17.8 Å². The predicted molar refractivity (Wildman–Crippen MR) is 103 cm³/mol. The Labute approximate surface area is 161 Å². The number of hydrogen-bond donors (Lipinski definition) is 1. The number of rotatable bonds is 8. The van der Waals surface area contributed by atoms with Crippen LogP contribution < -0.4 is 10.1 Å². The van der Waals surface area contributed by atoms with Gasteiger partial charge in [0.25, 0.3) is 11.6 Å². The molecule has 2 aromatic carbocycles. The van der Waals surface area contributed by atoms with Gasteiger partial charge in [0.1, 0.15) is 12.4 Å². The monoisotopic (exact) mass is 380 g/mol. The molecule has 28 heavy (non-hydrogen) atoms. The summed E-state index contributed by atoms with van der Waals surface area (Å²) in [7, 11) is 0. The van der Waals surface area contributed by atoms with Gasteiger partial charge in [-0.05, 0) is 42.8 Å². The molecule has 144 valence electrons. The molecule has 0 aliphatic heterocycles. The average Bonchev–Trinajstić information content (AvgIpc) is 3.19. The second-order valence-electron chi connectivity index (χ2n) is 6.09. The minimum atomic E-state index is -0.460. The topological polar surface area (TPSA) is 99.3 Å². The molecule has 3 aromatic rings. The van der Waals surface area contributed by atoms with Crippen LogP contribution in [0.25, 0.3) is 0 Å². The number of benzene rings is 2. The zero-order valence-electron chi connectivity index (χ0n) is 15.4. The molecule has 0 unspecified atom stereocenters. The quantitative estimate of drug-likeness (QED) is 0.477. The highest BCUT2D eigenvalue weighted by Crippen LogP contribution is 2.18. The number of hydrogen-bond acceptors (Lipinski definition) is 5. The minimum absolute atomic E-state index is 0.00906. The predicted octanol–water partition coefficient (Wildman–Crippen LogP) is 3.32. The number of nitro groups is 1. The van der Waals surface area contributed by atoms with Crippen molar-refractivity contribution in [3.05, 3.63) is 87.7 Å². The number of nitro benzene ring substituents is 1. The smallest absolute Gasteiger partial charge is 0.269 e. The molecule has 8 heteroatoms. The van der Waals surface area contributed by atoms with E-state index >= 15 is 0 Å². The number of ether oxygens (including phenoxy) is 1. The lowest BCUT2D eigenvalue weighted by Gasteiger charge is -2.08. The van der Waals surface area contributed by atoms with Crippen molar-refractivity contribution < 1.29 is 14.5 Å². The van der Waals surface area contributed by atoms with Crippen molar-refractivity contribution in [2.24, 2.45) is 0 Å². The van der Waals surface area contributed by atoms with E-state index in [1.54, 1.807) is 35.0 Å². The van der Waals surface area contributed by atoms with E-state index in [1.165, 1.54) is 12.1 Å². The third kappa shape index (κ3) is 4.94. The van der Waals surface area contributed by atoms with Crippen LogP contribution in [0.15, 0.2) is 60.8 Å². The normalized spacial score (nSPS) is 10.5. The van der Waals surface area contributed by atoms with E-state index in [4.69, 9.17) is 4.74 Å². The molecule has 0 aliphatic carbocycles. The van der Waals surface area contributed by atoms with Gasteiger partial charge < -0.3 is 10.1 Å². The first-order valence-corrected chi connectivity index (χ1v) is 8.82. The average molecular weight is 380 g/mol. The van der Waals surface area contributed by atoms with Gasteiger partial charge >= 0.3 is 0 Å². The summed E-state index contributed by atoms with van der Waals surface area (Å²) in [5.41, 5.74) is 2.16. The van der Waals surface area contributed by atoms with Crippen molar-refractivity contribution in [3.63, 3.8) is 0 Å². The van der Waals surface area contributed by atoms with Crippen molar-refractivity contribution in [2.45, 2.75) is 26.6 Å². The number of carbonyl (C=O) groups is 1. The van der Waals surface area contributed by atoms with Gasteiger partial charge in [0.15, 0.2) is 0 Å². The highest BCUT2D eigenvalue weighted by Gasteiger charge is 2.08. The number of nitrogens with zero attached hydrogens (tertiary/aromatic N) is 3. The lowest BCUT2D eigenvalue weighted by atomic mass is 10.1. The molecule has 0 spiro atoms. The summed E-state index contributed by atoms with van der Waals surface area (Å²) in [6, 6.07) is 14.9. The van der Waals surface area contributed by atoms with Crippen LogP contribution in [-0.2, 0) is 19.7 Å². The Morgan fingerprint density at radius 2 is 2.00 bits per heavy atom. The summed E-state index contributed by atoms with van der Waals surface area (Å²) in [6.45, 7) is 3.39. The molecule has 1 aromatic heterocycles. The fourth-order valence-electron chi connectivity index (χ4n) is 2.58. The Morgan fingerprint density at radius 3 is 2.68 bits per heavy atom. The first-order chi connectivity index (χ1) is 13.5. The number of carbonyl (C=O) groups excluding carboxylic acids is 1. The molecule has 1 heterocycles. The maximum atomic E-state index is 12.4. The van der Waals surface area contributed by atoms with E-state index in [1.807, 2.05) is 25.3 Å². The van der Waals surface area contributed by atoms with Crippen LogP contribution in [0, 0.1) is 10.1 Å². The zero-order chi connectivity index (χ0) is 19.9. The van der Waals surface area contributed by atoms with Gasteiger partial charge in [-0.3, -0.25) is 19.6 Å². The van der Waals surface area contributed by atoms with Gasteiger partial charge in [-0.2, -0.15) is 5.10 Å². The van der Waals surface area contributed by atoms with Crippen LogP contribution in [-0.4, -0.2) is 20.6 Å². The van der Waals surface area contributed by atoms with Crippen LogP contribution in [0.4, 0.5) is 5.69 Å². The number of aryl methyl sites for hydroxylation is 1. The Kier molecular flexibility index (Phi) is 6.01. The Hall–Kier alpha value is -3.68. The highest BCUT2D eigenvalue weighted by molar-refractivity contribution is 5.94. The molecule has 0 fully saturated rings. The second kappa shape index (κ2) is 8.81. The van der Waals surface area contributed by atoms with E-state index in [0.29, 0.717) is 17.9 Å². The fourth-order valence-corrected chi connectivity index (χ4v) is 2.58. The van der Waals surface area contributed by atoms with Gasteiger partial charge in [-0.1, -0.05) is 12.1 Å². The molecule has 0 saturated carbocycles. The third-order valence-corrected chi connectivity index (χ3v) is 4.09. The first-order valence-electron chi connectivity index (χ1n) is 8.82. The molecular weight excluding hydrogens is 360 g/mol. The fraction of sp³-hybridized carbons (Fsp3) is 0.200. The van der Waals surface area contributed by atoms with E-state index < -0.39 is 4.92 Å². The molecule has 0 atom stereocenters. The number of amides is 1. The Bertz CT molecular complexity index is 966. The van der Waals surface area contributed by atoms with Gasteiger partial charge in [-0.25, -0.2) is 0 Å². The van der Waals surface area contributed by atoms with Gasteiger partial charge in [0.05, 0.1) is 17.2 Å². The third-order valence-electron chi connectivity index (χ3n) is 4.09. The summed E-state index contributed by atoms with van der Waals surface area (Å²) in [4.78, 5) is 22.6. The van der Waals surface area contributed by atoms with Crippen LogP contribution in [0.2, 0.25) is 0 Å². The minimum Gasteiger partial charge on any atom is -0.489 e. The van der Waals surface area contributed by atoms with Crippen molar-refractivity contribution in [1.82, 2.24) is 15.1 Å². The van der Waals surface area contributed by atoms with Crippen LogP contribution in [0.3, 0.4) is 0 Å². The zero-order valence-corrected chi connectivity index (χ0v) is 15.4. The van der Waals surface area contributed by atoms with Gasteiger partial charge in [0, 0.05) is 30.4 Å². The van der Waals surface area contributed by atoms with Gasteiger partial charge in [-0.15, -0.1) is 0 Å². The maximum absolute atomic E-state index is 12.4. The molecule has 0 radical (unpaired) electrons. The standard InChI is InChI=1S/C20H20N4O4/c1-2-23-11-10-17(22-23)13-21-20(25)16-5-3-4-15(12-16)14-28-19-8-6-18(7-9-19)24(26)27/h3-12H,2,13-14H2,1H3,(H,21,25). The lowest BCUT2D eigenvalue weighted by Crippen LogP contribution is -2.23. The van der Waals surface area contributed by atoms with Crippen LogP contribution in [0.5, 0.6) is 5.75 Å². The summed E-state index contributed by atoms with van der Waals surface area (Å²) < 4.78 is 7.44. The molecular formula is C20H20N4O4. The van der Waals surface area contributed by atoms with Crippen LogP contribution >= 0.6 is 0 Å². The number of nitrogens with one attached hydrogen (secondary N) is 1. The highest BCUT2D eigenvalue weighted by atomic mass is 16.6. The summed E-state index contributed by atoms with van der Waals surface area (Å²) in [5.74, 6) is 0.329. The number of aromatic nitrogens is 2. The molecule has 0 aliphatic rings. The summed E-state index contributed by atoms with van der Waals surface area (Å²) in [5, 5.41) is 17.9. The molecule has 0 bridgehead atoms. The molecule has 0 saturated heterocycles. The van der Waals surface area contributed by atoms with E-state index in [2.05, 4.69) is 10.4 Å². The van der Waals surface area contributed by atoms with Crippen molar-refractivity contribution in [3.8, 4) is 5.75 Å². The van der Waals surface area contributed by atoms with Crippen LogP contribution in [0.1, 0.15) is 28.5 Å². The SMILES string of the molecule is CCn1ccc(CNC(=O)c2cccc(COc3ccc([N+](=O)[O-])cc3)c2)n1. The van der Waals surface area contributed by atoms with Crippen molar-refractivity contribution in [1.29, 1.82) is 0 Å². The van der Waals surface area contributed by atoms with E-state index in [-0.39, 0.29) is 18.2 Å². The summed E-state index contributed by atoms with van der Waals surface area (Å²) in [6.07, 6.45) is 1.87. The van der Waals surface area contributed by atoms with Crippen molar-refractivity contribution >= 4 is 11.6 Å². The number of non-ortho nitro benzene ring substituents is 1. The summed E-state index contributed by atoms with van der Waals surface area (Å²) >= 11 is 0. The largest absolute Gasteiger partial charge is 0.489 e. The molecule has 8 nitrogen and oxygen atoms in total. The molecule has 1 N–H and O–H groups in total. The lowest BCUT2D eigenvalue weighted by molar-refractivity contribution is -0.384. The van der Waals surface area contributed by atoms with Crippen molar-refractivity contribution in [2.75, 3.05) is 0 Å².